The third-order valence-electron chi connectivity index (χ3n) is 3.53. The van der Waals surface area contributed by atoms with Crippen LogP contribution in [0.25, 0.3) is 0 Å². The molecule has 0 unspecified atom stereocenters. The minimum absolute atomic E-state index is 0.0503. The van der Waals surface area contributed by atoms with Crippen LogP contribution in [0.1, 0.15) is 30.1 Å². The average molecular weight is 236 g/mol. The maximum Gasteiger partial charge on any atom is 0.292 e. The lowest BCUT2D eigenvalue weighted by Crippen LogP contribution is -2.48. The van der Waals surface area contributed by atoms with E-state index in [0.29, 0.717) is 24.9 Å². The van der Waals surface area contributed by atoms with Gasteiger partial charge in [0, 0.05) is 19.2 Å². The molecule has 0 N–H and O–H groups in total. The zero-order valence-corrected chi connectivity index (χ0v) is 10.1. The molecule has 92 valence electrons. The van der Waals surface area contributed by atoms with Gasteiger partial charge in [-0.15, -0.1) is 0 Å². The number of likely N-dealkylation sites (tertiary alicyclic amines) is 1. The van der Waals surface area contributed by atoms with Gasteiger partial charge in [-0.3, -0.25) is 4.79 Å². The first-order chi connectivity index (χ1) is 8.08. The van der Waals surface area contributed by atoms with Crippen molar-refractivity contribution in [1.29, 1.82) is 0 Å². The number of carbonyl (C=O) groups is 1. The highest BCUT2D eigenvalue weighted by molar-refractivity contribution is 5.92. The van der Waals surface area contributed by atoms with Gasteiger partial charge in [-0.05, 0) is 12.8 Å². The highest BCUT2D eigenvalue weighted by atomic mass is 16.5. The molecule has 1 aromatic heterocycles. The van der Waals surface area contributed by atoms with Gasteiger partial charge in [0.1, 0.15) is 0 Å². The molecule has 0 bridgehead atoms. The topological polar surface area (TPSA) is 55.6 Å². The smallest absolute Gasteiger partial charge is 0.292 e. The van der Waals surface area contributed by atoms with E-state index < -0.39 is 0 Å². The molecule has 17 heavy (non-hydrogen) atoms. The molecular formula is C12H16N2O3. The Balaban J connectivity index is 1.74. The monoisotopic (exact) mass is 236 g/mol. The zero-order valence-electron chi connectivity index (χ0n) is 10.1. The van der Waals surface area contributed by atoms with Crippen molar-refractivity contribution in [3.63, 3.8) is 0 Å². The number of amides is 1. The Morgan fingerprint density at radius 3 is 2.76 bits per heavy atom. The van der Waals surface area contributed by atoms with Gasteiger partial charge in [0.15, 0.2) is 0 Å². The number of aromatic nitrogens is 1. The van der Waals surface area contributed by atoms with E-state index in [0.717, 1.165) is 18.8 Å². The maximum atomic E-state index is 12.0. The van der Waals surface area contributed by atoms with E-state index in [1.807, 2.05) is 0 Å². The lowest BCUT2D eigenvalue weighted by molar-refractivity contribution is -0.0532. The fourth-order valence-corrected chi connectivity index (χ4v) is 2.24. The summed E-state index contributed by atoms with van der Waals surface area (Å²) in [7, 11) is 0. The largest absolute Gasteiger partial charge is 0.379 e. The van der Waals surface area contributed by atoms with Gasteiger partial charge in [0.05, 0.1) is 24.3 Å². The maximum absolute atomic E-state index is 12.0. The van der Waals surface area contributed by atoms with Crippen LogP contribution in [-0.4, -0.2) is 42.3 Å². The van der Waals surface area contributed by atoms with Gasteiger partial charge < -0.3 is 14.2 Å². The molecule has 1 amide bonds. The van der Waals surface area contributed by atoms with E-state index in [4.69, 9.17) is 9.26 Å². The van der Waals surface area contributed by atoms with Crippen molar-refractivity contribution < 1.29 is 14.1 Å². The fraction of sp³-hybridized carbons (Fsp3) is 0.667. The first-order valence-corrected chi connectivity index (χ1v) is 5.93. The van der Waals surface area contributed by atoms with Crippen LogP contribution in [0.4, 0.5) is 0 Å². The number of carbonyl (C=O) groups excluding carboxylic acids is 1. The number of hydrogen-bond acceptors (Lipinski definition) is 4. The Morgan fingerprint density at radius 1 is 1.53 bits per heavy atom. The lowest BCUT2D eigenvalue weighted by Gasteiger charge is -2.36. The number of ether oxygens (including phenoxy) is 1. The quantitative estimate of drug-likeness (QED) is 0.770. The van der Waals surface area contributed by atoms with E-state index in [1.54, 1.807) is 11.0 Å². The summed E-state index contributed by atoms with van der Waals surface area (Å²) >= 11 is 0. The van der Waals surface area contributed by atoms with Crippen molar-refractivity contribution in [2.45, 2.75) is 19.3 Å². The van der Waals surface area contributed by atoms with Crippen LogP contribution in [0.15, 0.2) is 10.6 Å². The summed E-state index contributed by atoms with van der Waals surface area (Å²) in [6.45, 7) is 7.11. The molecule has 2 saturated heterocycles. The molecule has 0 spiro atoms. The van der Waals surface area contributed by atoms with E-state index in [1.165, 1.54) is 0 Å². The van der Waals surface area contributed by atoms with E-state index in [2.05, 4.69) is 19.0 Å². The highest BCUT2D eigenvalue weighted by Gasteiger charge is 2.39. The number of nitrogens with zero attached hydrogens (tertiary/aromatic N) is 2. The van der Waals surface area contributed by atoms with Gasteiger partial charge in [0.2, 0.25) is 5.76 Å². The third kappa shape index (κ3) is 1.65. The van der Waals surface area contributed by atoms with Crippen molar-refractivity contribution in [2.75, 3.05) is 26.3 Å². The first-order valence-electron chi connectivity index (χ1n) is 5.93. The molecule has 2 aliphatic rings. The molecule has 5 nitrogen and oxygen atoms in total. The summed E-state index contributed by atoms with van der Waals surface area (Å²) in [5.41, 5.74) is 0.741. The molecule has 0 aromatic carbocycles. The molecule has 3 heterocycles. The normalized spacial score (nSPS) is 23.1. The molecule has 0 atom stereocenters. The van der Waals surface area contributed by atoms with Crippen LogP contribution in [0.3, 0.4) is 0 Å². The van der Waals surface area contributed by atoms with E-state index >= 15 is 0 Å². The van der Waals surface area contributed by atoms with Crippen LogP contribution in [-0.2, 0) is 10.2 Å². The Bertz CT molecular complexity index is 444. The Labute approximate surface area is 99.7 Å². The van der Waals surface area contributed by atoms with Crippen molar-refractivity contribution in [3.05, 3.63) is 17.5 Å². The summed E-state index contributed by atoms with van der Waals surface area (Å²) in [4.78, 5) is 13.8. The van der Waals surface area contributed by atoms with Gasteiger partial charge >= 0.3 is 0 Å². The van der Waals surface area contributed by atoms with Crippen molar-refractivity contribution in [3.8, 4) is 0 Å². The number of hydrogen-bond donors (Lipinski definition) is 0. The molecule has 1 aromatic rings. The van der Waals surface area contributed by atoms with Gasteiger partial charge in [-0.25, -0.2) is 0 Å². The van der Waals surface area contributed by atoms with Crippen LogP contribution in [0.5, 0.6) is 0 Å². The fourth-order valence-electron chi connectivity index (χ4n) is 2.24. The van der Waals surface area contributed by atoms with E-state index in [-0.39, 0.29) is 11.3 Å². The molecule has 2 fully saturated rings. The second-order valence-corrected chi connectivity index (χ2v) is 5.45. The van der Waals surface area contributed by atoms with Crippen molar-refractivity contribution in [2.24, 2.45) is 5.92 Å². The van der Waals surface area contributed by atoms with Gasteiger partial charge in [0.25, 0.3) is 5.91 Å². The van der Waals surface area contributed by atoms with Crippen LogP contribution >= 0.6 is 0 Å². The average Bonchev–Trinajstić information content (AvgIpc) is 2.70. The zero-order chi connectivity index (χ0) is 12.0. The summed E-state index contributed by atoms with van der Waals surface area (Å²) in [5, 5.41) is 3.99. The molecule has 3 rings (SSSR count). The van der Waals surface area contributed by atoms with E-state index in [9.17, 15) is 4.79 Å². The Hall–Kier alpha value is -1.36. The minimum Gasteiger partial charge on any atom is -0.379 e. The van der Waals surface area contributed by atoms with Crippen molar-refractivity contribution in [1.82, 2.24) is 10.1 Å². The van der Waals surface area contributed by atoms with Crippen LogP contribution in [0.2, 0.25) is 0 Å². The standard InChI is InChI=1S/C12H16N2O3/c1-8-4-14(5-8)11(15)9-3-10(13-17-9)12(2)6-16-7-12/h3,8H,4-7H2,1-2H3. The Kier molecular flexibility index (Phi) is 2.26. The summed E-state index contributed by atoms with van der Waals surface area (Å²) < 4.78 is 10.3. The summed E-state index contributed by atoms with van der Waals surface area (Å²) in [5.74, 6) is 0.893. The predicted octanol–water partition coefficient (Wildman–Crippen LogP) is 1.05. The molecule has 2 aliphatic heterocycles. The molecule has 0 aliphatic carbocycles. The highest BCUT2D eigenvalue weighted by Crippen LogP contribution is 2.31. The Morgan fingerprint density at radius 2 is 2.24 bits per heavy atom. The summed E-state index contributed by atoms with van der Waals surface area (Å²) in [6.07, 6.45) is 0. The molecule has 0 saturated carbocycles. The second-order valence-electron chi connectivity index (χ2n) is 5.45. The van der Waals surface area contributed by atoms with Gasteiger partial charge in [-0.2, -0.15) is 0 Å². The SMILES string of the molecule is CC1CN(C(=O)c2cc(C3(C)COC3)no2)C1. The predicted molar refractivity (Wildman–Crippen MR) is 59.7 cm³/mol. The van der Waals surface area contributed by atoms with Crippen LogP contribution in [0, 0.1) is 5.92 Å². The molecule has 5 heteroatoms. The number of rotatable bonds is 2. The minimum atomic E-state index is -0.0791. The summed E-state index contributed by atoms with van der Waals surface area (Å²) in [6, 6.07) is 1.76. The second kappa shape index (κ2) is 3.57. The van der Waals surface area contributed by atoms with Crippen LogP contribution < -0.4 is 0 Å². The third-order valence-corrected chi connectivity index (χ3v) is 3.53. The molecule has 0 radical (unpaired) electrons. The van der Waals surface area contributed by atoms with Crippen molar-refractivity contribution >= 4 is 5.91 Å². The molecular weight excluding hydrogens is 220 g/mol. The first kappa shape index (κ1) is 10.8. The van der Waals surface area contributed by atoms with Gasteiger partial charge in [-0.1, -0.05) is 12.1 Å². The lowest BCUT2D eigenvalue weighted by atomic mass is 9.85.